The molecule has 0 aromatic rings. The normalized spacial score (nSPS) is 33.0. The molecule has 0 aromatic heterocycles. The summed E-state index contributed by atoms with van der Waals surface area (Å²) in [4.78, 5) is 2.80. The van der Waals surface area contributed by atoms with Gasteiger partial charge in [0.2, 0.25) is 0 Å². The fraction of sp³-hybridized carbons (Fsp3) is 1.00. The van der Waals surface area contributed by atoms with Crippen LogP contribution in [-0.4, -0.2) is 47.6 Å². The Bertz CT molecular complexity index is 274. The van der Waals surface area contributed by atoms with Crippen LogP contribution >= 0.6 is 11.8 Å². The molecule has 3 heteroatoms. The van der Waals surface area contributed by atoms with Crippen LogP contribution in [0.2, 0.25) is 0 Å². The van der Waals surface area contributed by atoms with Gasteiger partial charge in [0, 0.05) is 24.7 Å². The number of nitrogens with zero attached hydrogens (tertiary/aromatic N) is 1. The van der Waals surface area contributed by atoms with Crippen molar-refractivity contribution in [3.05, 3.63) is 0 Å². The van der Waals surface area contributed by atoms with E-state index < -0.39 is 0 Å². The third-order valence-electron chi connectivity index (χ3n) is 5.51. The monoisotopic (exact) mass is 282 g/mol. The quantitative estimate of drug-likeness (QED) is 0.853. The molecule has 0 unspecified atom stereocenters. The molecule has 1 aliphatic carbocycles. The highest BCUT2D eigenvalue weighted by Crippen LogP contribution is 2.30. The van der Waals surface area contributed by atoms with E-state index in [1.807, 2.05) is 0 Å². The number of likely N-dealkylation sites (tertiary alicyclic amines) is 1. The van der Waals surface area contributed by atoms with Crippen molar-refractivity contribution in [3.63, 3.8) is 0 Å². The molecule has 2 aliphatic heterocycles. The second-order valence-electron chi connectivity index (χ2n) is 6.82. The minimum absolute atomic E-state index is 0.718. The zero-order valence-corrected chi connectivity index (χ0v) is 13.3. The van der Waals surface area contributed by atoms with E-state index in [1.165, 1.54) is 69.5 Å². The third-order valence-corrected chi connectivity index (χ3v) is 6.56. The average Bonchev–Trinajstić information content (AvgIpc) is 2.38. The zero-order chi connectivity index (χ0) is 13.1. The smallest absolute Gasteiger partial charge is 0.00954 e. The first-order valence-electron chi connectivity index (χ1n) is 8.41. The average molecular weight is 282 g/mol. The molecule has 1 saturated carbocycles. The fourth-order valence-electron chi connectivity index (χ4n) is 3.90. The van der Waals surface area contributed by atoms with Gasteiger partial charge in [-0.1, -0.05) is 6.42 Å². The summed E-state index contributed by atoms with van der Waals surface area (Å²) < 4.78 is 0. The van der Waals surface area contributed by atoms with E-state index in [1.54, 1.807) is 0 Å². The highest BCUT2D eigenvalue weighted by Gasteiger charge is 2.32. The van der Waals surface area contributed by atoms with Crippen LogP contribution in [0.25, 0.3) is 0 Å². The van der Waals surface area contributed by atoms with Crippen LogP contribution in [0.5, 0.6) is 0 Å². The van der Waals surface area contributed by atoms with Crippen LogP contribution in [0.15, 0.2) is 0 Å². The van der Waals surface area contributed by atoms with E-state index in [0.29, 0.717) is 0 Å². The lowest BCUT2D eigenvalue weighted by Gasteiger charge is -2.44. The maximum absolute atomic E-state index is 3.94. The van der Waals surface area contributed by atoms with Crippen molar-refractivity contribution in [1.29, 1.82) is 0 Å². The molecule has 0 amide bonds. The Morgan fingerprint density at radius 1 is 1.05 bits per heavy atom. The number of hydrogen-bond acceptors (Lipinski definition) is 3. The van der Waals surface area contributed by atoms with Gasteiger partial charge in [0.15, 0.2) is 0 Å². The summed E-state index contributed by atoms with van der Waals surface area (Å²) >= 11 is 2.13. The van der Waals surface area contributed by atoms with E-state index >= 15 is 0 Å². The number of rotatable bonds is 4. The predicted octanol–water partition coefficient (Wildman–Crippen LogP) is 3.12. The summed E-state index contributed by atoms with van der Waals surface area (Å²) in [7, 11) is 0. The lowest BCUT2D eigenvalue weighted by atomic mass is 9.85. The Morgan fingerprint density at radius 3 is 2.53 bits per heavy atom. The predicted molar refractivity (Wildman–Crippen MR) is 84.9 cm³/mol. The van der Waals surface area contributed by atoms with E-state index in [2.05, 4.69) is 28.9 Å². The molecule has 0 spiro atoms. The molecule has 2 heterocycles. The standard InChI is InChI=1S/C16H30N2S/c1-13(17-15-7-10-19-11-8-15)14-4-3-9-18(12-14)16-5-2-6-16/h13-17H,2-12H2,1H3/t13-,14+/m1/s1. The molecule has 0 aromatic carbocycles. The minimum atomic E-state index is 0.718. The summed E-state index contributed by atoms with van der Waals surface area (Å²) in [6.45, 7) is 5.17. The van der Waals surface area contributed by atoms with Crippen LogP contribution in [0.4, 0.5) is 0 Å². The topological polar surface area (TPSA) is 15.3 Å². The first kappa shape index (κ1) is 14.2. The zero-order valence-electron chi connectivity index (χ0n) is 12.4. The number of thioether (sulfide) groups is 1. The molecule has 3 rings (SSSR count). The Morgan fingerprint density at radius 2 is 1.84 bits per heavy atom. The van der Waals surface area contributed by atoms with Gasteiger partial charge in [-0.05, 0) is 69.4 Å². The van der Waals surface area contributed by atoms with E-state index in [9.17, 15) is 0 Å². The summed E-state index contributed by atoms with van der Waals surface area (Å²) in [5, 5.41) is 3.94. The summed E-state index contributed by atoms with van der Waals surface area (Å²) in [6, 6.07) is 2.47. The second kappa shape index (κ2) is 6.82. The van der Waals surface area contributed by atoms with Crippen LogP contribution in [0, 0.1) is 5.92 Å². The maximum atomic E-state index is 3.94. The molecule has 2 atom stereocenters. The van der Waals surface area contributed by atoms with Gasteiger partial charge < -0.3 is 10.2 Å². The second-order valence-corrected chi connectivity index (χ2v) is 8.05. The molecular formula is C16H30N2S. The van der Waals surface area contributed by atoms with Crippen molar-refractivity contribution in [2.45, 2.75) is 70.0 Å². The van der Waals surface area contributed by atoms with E-state index in [-0.39, 0.29) is 0 Å². The SMILES string of the molecule is C[C@@H](NC1CCSCC1)[C@H]1CCCN(C2CCC2)C1. The molecule has 0 radical (unpaired) electrons. The van der Waals surface area contributed by atoms with Gasteiger partial charge in [0.05, 0.1) is 0 Å². The minimum Gasteiger partial charge on any atom is -0.311 e. The van der Waals surface area contributed by atoms with Crippen molar-refractivity contribution in [1.82, 2.24) is 10.2 Å². The van der Waals surface area contributed by atoms with Gasteiger partial charge in [-0.15, -0.1) is 0 Å². The Kier molecular flexibility index (Phi) is 5.10. The van der Waals surface area contributed by atoms with Crippen LogP contribution in [-0.2, 0) is 0 Å². The molecular weight excluding hydrogens is 252 g/mol. The first-order valence-corrected chi connectivity index (χ1v) is 9.56. The van der Waals surface area contributed by atoms with Crippen LogP contribution in [0.3, 0.4) is 0 Å². The van der Waals surface area contributed by atoms with Crippen molar-refractivity contribution in [3.8, 4) is 0 Å². The molecule has 19 heavy (non-hydrogen) atoms. The highest BCUT2D eigenvalue weighted by atomic mass is 32.2. The Hall–Kier alpha value is 0.270. The first-order chi connectivity index (χ1) is 9.33. The molecule has 3 aliphatic rings. The van der Waals surface area contributed by atoms with Crippen LogP contribution < -0.4 is 5.32 Å². The van der Waals surface area contributed by atoms with Gasteiger partial charge in [-0.25, -0.2) is 0 Å². The lowest BCUT2D eigenvalue weighted by Crippen LogP contribution is -2.51. The fourth-order valence-corrected chi connectivity index (χ4v) is 5.01. The number of piperidine rings is 1. The van der Waals surface area contributed by atoms with Gasteiger partial charge >= 0.3 is 0 Å². The van der Waals surface area contributed by atoms with Crippen LogP contribution in [0.1, 0.15) is 51.9 Å². The highest BCUT2D eigenvalue weighted by molar-refractivity contribution is 7.99. The maximum Gasteiger partial charge on any atom is 0.00954 e. The Labute approximate surface area is 123 Å². The van der Waals surface area contributed by atoms with Gasteiger partial charge in [0.25, 0.3) is 0 Å². The molecule has 0 bridgehead atoms. The lowest BCUT2D eigenvalue weighted by molar-refractivity contribution is 0.0650. The molecule has 1 N–H and O–H groups in total. The molecule has 110 valence electrons. The molecule has 2 nitrogen and oxygen atoms in total. The largest absolute Gasteiger partial charge is 0.311 e. The third kappa shape index (κ3) is 3.68. The summed E-state index contributed by atoms with van der Waals surface area (Å²) in [5.41, 5.74) is 0. The molecule has 2 saturated heterocycles. The Balaban J connectivity index is 1.46. The number of hydrogen-bond donors (Lipinski definition) is 1. The van der Waals surface area contributed by atoms with Crippen molar-refractivity contribution in [2.75, 3.05) is 24.6 Å². The summed E-state index contributed by atoms with van der Waals surface area (Å²) in [6.07, 6.45) is 10.0. The van der Waals surface area contributed by atoms with E-state index in [0.717, 1.165) is 24.0 Å². The number of nitrogens with one attached hydrogen (secondary N) is 1. The van der Waals surface area contributed by atoms with Gasteiger partial charge in [0.1, 0.15) is 0 Å². The van der Waals surface area contributed by atoms with Crippen molar-refractivity contribution in [2.24, 2.45) is 5.92 Å². The molecule has 3 fully saturated rings. The van der Waals surface area contributed by atoms with Gasteiger partial charge in [-0.3, -0.25) is 0 Å². The summed E-state index contributed by atoms with van der Waals surface area (Å²) in [5.74, 6) is 3.62. The van der Waals surface area contributed by atoms with Crippen molar-refractivity contribution >= 4 is 11.8 Å². The van der Waals surface area contributed by atoms with E-state index in [4.69, 9.17) is 0 Å². The van der Waals surface area contributed by atoms with Crippen molar-refractivity contribution < 1.29 is 0 Å². The van der Waals surface area contributed by atoms with Gasteiger partial charge in [-0.2, -0.15) is 11.8 Å².